The van der Waals surface area contributed by atoms with Gasteiger partial charge in [0, 0.05) is 18.8 Å². The Morgan fingerprint density at radius 1 is 1.06 bits per heavy atom. The summed E-state index contributed by atoms with van der Waals surface area (Å²) in [6, 6.07) is 14.7. The van der Waals surface area contributed by atoms with E-state index in [0.717, 1.165) is 0 Å². The van der Waals surface area contributed by atoms with Crippen molar-refractivity contribution in [3.63, 3.8) is 0 Å². The summed E-state index contributed by atoms with van der Waals surface area (Å²) in [5.41, 5.74) is 1.09. The SMILES string of the molecule is CCN(CC)S(=O)(=O)c1ccc(C)c(C(=O)OCC(=O)N(CC#N)c2ccccc2)c1. The van der Waals surface area contributed by atoms with E-state index >= 15 is 0 Å². The van der Waals surface area contributed by atoms with Crippen LogP contribution in [0.15, 0.2) is 53.4 Å². The Bertz CT molecular complexity index is 1070. The lowest BCUT2D eigenvalue weighted by atomic mass is 10.1. The number of carbonyl (C=O) groups is 2. The summed E-state index contributed by atoms with van der Waals surface area (Å²) in [5, 5.41) is 9.02. The van der Waals surface area contributed by atoms with Crippen LogP contribution < -0.4 is 4.90 Å². The van der Waals surface area contributed by atoms with E-state index in [1.807, 2.05) is 6.07 Å². The molecule has 9 heteroatoms. The molecule has 2 aromatic carbocycles. The van der Waals surface area contributed by atoms with Gasteiger partial charge in [0.25, 0.3) is 5.91 Å². The molecule has 8 nitrogen and oxygen atoms in total. The average Bonchev–Trinajstić information content (AvgIpc) is 2.77. The molecule has 0 radical (unpaired) electrons. The van der Waals surface area contributed by atoms with Crippen molar-refractivity contribution in [1.82, 2.24) is 4.31 Å². The number of anilines is 1. The smallest absolute Gasteiger partial charge is 0.338 e. The topological polar surface area (TPSA) is 108 Å². The number of hydrogen-bond acceptors (Lipinski definition) is 6. The van der Waals surface area contributed by atoms with Crippen LogP contribution >= 0.6 is 0 Å². The number of sulfonamides is 1. The number of ether oxygens (including phenoxy) is 1. The van der Waals surface area contributed by atoms with Gasteiger partial charge in [0.2, 0.25) is 10.0 Å². The summed E-state index contributed by atoms with van der Waals surface area (Å²) >= 11 is 0. The first-order valence-corrected chi connectivity index (χ1v) is 11.2. The van der Waals surface area contributed by atoms with Crippen LogP contribution in [0.4, 0.5) is 5.69 Å². The molecule has 0 aliphatic rings. The van der Waals surface area contributed by atoms with Crippen molar-refractivity contribution in [3.05, 3.63) is 59.7 Å². The van der Waals surface area contributed by atoms with Crippen molar-refractivity contribution in [1.29, 1.82) is 5.26 Å². The third-order valence-electron chi connectivity index (χ3n) is 4.70. The zero-order chi connectivity index (χ0) is 23.0. The lowest BCUT2D eigenvalue weighted by molar-refractivity contribution is -0.121. The number of esters is 1. The largest absolute Gasteiger partial charge is 0.452 e. The molecule has 0 aromatic heterocycles. The molecule has 0 N–H and O–H groups in total. The number of nitriles is 1. The third kappa shape index (κ3) is 5.69. The Hall–Kier alpha value is -3.22. The fourth-order valence-corrected chi connectivity index (χ4v) is 4.46. The second-order valence-electron chi connectivity index (χ2n) is 6.62. The molecule has 0 fully saturated rings. The van der Waals surface area contributed by atoms with Crippen LogP contribution in [0.2, 0.25) is 0 Å². The van der Waals surface area contributed by atoms with E-state index in [0.29, 0.717) is 24.3 Å². The van der Waals surface area contributed by atoms with Gasteiger partial charge in [-0.25, -0.2) is 13.2 Å². The predicted octanol–water partition coefficient (Wildman–Crippen LogP) is 2.74. The second kappa shape index (κ2) is 10.7. The zero-order valence-electron chi connectivity index (χ0n) is 17.7. The molecular formula is C22H25N3O5S. The number of carbonyl (C=O) groups excluding carboxylic acids is 2. The first-order chi connectivity index (χ1) is 14.8. The number of hydrogen-bond donors (Lipinski definition) is 0. The summed E-state index contributed by atoms with van der Waals surface area (Å²) in [4.78, 5) is 26.3. The molecule has 1 amide bonds. The van der Waals surface area contributed by atoms with E-state index in [1.165, 1.54) is 27.4 Å². The molecule has 0 saturated heterocycles. The van der Waals surface area contributed by atoms with Crippen molar-refractivity contribution < 1.29 is 22.7 Å². The van der Waals surface area contributed by atoms with Gasteiger partial charge in [-0.3, -0.25) is 9.69 Å². The number of para-hydroxylation sites is 1. The highest BCUT2D eigenvalue weighted by Gasteiger charge is 2.24. The van der Waals surface area contributed by atoms with Crippen LogP contribution in [0.1, 0.15) is 29.8 Å². The third-order valence-corrected chi connectivity index (χ3v) is 6.74. The quantitative estimate of drug-likeness (QED) is 0.436. The van der Waals surface area contributed by atoms with Gasteiger partial charge in [-0.2, -0.15) is 9.57 Å². The highest BCUT2D eigenvalue weighted by Crippen LogP contribution is 2.20. The summed E-state index contributed by atoms with van der Waals surface area (Å²) in [6.45, 7) is 4.94. The van der Waals surface area contributed by atoms with Crippen LogP contribution in [-0.2, 0) is 19.6 Å². The number of rotatable bonds is 9. The van der Waals surface area contributed by atoms with Gasteiger partial charge in [-0.15, -0.1) is 0 Å². The Labute approximate surface area is 182 Å². The summed E-state index contributed by atoms with van der Waals surface area (Å²) < 4.78 is 31.9. The van der Waals surface area contributed by atoms with Gasteiger partial charge in [0.1, 0.15) is 6.54 Å². The molecule has 0 aliphatic heterocycles. The fraction of sp³-hybridized carbons (Fsp3) is 0.318. The number of nitrogens with zero attached hydrogens (tertiary/aromatic N) is 3. The Morgan fingerprint density at radius 2 is 1.71 bits per heavy atom. The average molecular weight is 444 g/mol. The molecule has 0 spiro atoms. The highest BCUT2D eigenvalue weighted by atomic mass is 32.2. The Kier molecular flexibility index (Phi) is 8.30. The standard InChI is InChI=1S/C22H25N3O5S/c1-4-24(5-2)31(28,29)19-12-11-17(3)20(15-19)22(27)30-16-21(26)25(14-13-23)18-9-7-6-8-10-18/h6-12,15H,4-5,14,16H2,1-3H3. The zero-order valence-corrected chi connectivity index (χ0v) is 18.6. The molecule has 2 aromatic rings. The first-order valence-electron chi connectivity index (χ1n) is 9.76. The fourth-order valence-electron chi connectivity index (χ4n) is 2.98. The van der Waals surface area contributed by atoms with Crippen LogP contribution in [0.3, 0.4) is 0 Å². The maximum Gasteiger partial charge on any atom is 0.338 e. The molecule has 0 aliphatic carbocycles. The van der Waals surface area contributed by atoms with Gasteiger partial charge in [-0.05, 0) is 36.8 Å². The second-order valence-corrected chi connectivity index (χ2v) is 8.55. The lowest BCUT2D eigenvalue weighted by Crippen LogP contribution is -2.35. The van der Waals surface area contributed by atoms with Crippen molar-refractivity contribution in [3.8, 4) is 6.07 Å². The summed E-state index contributed by atoms with van der Waals surface area (Å²) in [5.74, 6) is -1.38. The van der Waals surface area contributed by atoms with Crippen LogP contribution in [0, 0.1) is 18.3 Å². The monoisotopic (exact) mass is 443 g/mol. The van der Waals surface area contributed by atoms with Gasteiger partial charge < -0.3 is 4.74 Å². The number of aryl methyl sites for hydroxylation is 1. The minimum Gasteiger partial charge on any atom is -0.452 e. The minimum absolute atomic E-state index is 0.0181. The van der Waals surface area contributed by atoms with Crippen molar-refractivity contribution in [2.45, 2.75) is 25.7 Å². The van der Waals surface area contributed by atoms with Crippen molar-refractivity contribution in [2.75, 3.05) is 31.1 Å². The first kappa shape index (κ1) is 24.1. The van der Waals surface area contributed by atoms with E-state index in [2.05, 4.69) is 0 Å². The molecule has 0 saturated carbocycles. The summed E-state index contributed by atoms with van der Waals surface area (Å²) in [7, 11) is -3.75. The van der Waals surface area contributed by atoms with E-state index in [1.54, 1.807) is 51.1 Å². The molecule has 0 heterocycles. The van der Waals surface area contributed by atoms with Crippen LogP contribution in [0.25, 0.3) is 0 Å². The molecule has 164 valence electrons. The van der Waals surface area contributed by atoms with Crippen LogP contribution in [-0.4, -0.2) is 50.8 Å². The molecular weight excluding hydrogens is 418 g/mol. The van der Waals surface area contributed by atoms with E-state index in [9.17, 15) is 18.0 Å². The molecule has 0 bridgehead atoms. The predicted molar refractivity (Wildman–Crippen MR) is 116 cm³/mol. The van der Waals surface area contributed by atoms with Crippen LogP contribution in [0.5, 0.6) is 0 Å². The maximum absolute atomic E-state index is 12.7. The Morgan fingerprint density at radius 3 is 2.29 bits per heavy atom. The maximum atomic E-state index is 12.7. The molecule has 0 atom stereocenters. The van der Waals surface area contributed by atoms with Crippen molar-refractivity contribution in [2.24, 2.45) is 0 Å². The number of benzene rings is 2. The Balaban J connectivity index is 2.20. The van der Waals surface area contributed by atoms with Gasteiger partial charge in [0.15, 0.2) is 6.61 Å². The van der Waals surface area contributed by atoms with Gasteiger partial charge in [-0.1, -0.05) is 38.1 Å². The van der Waals surface area contributed by atoms with Crippen molar-refractivity contribution >= 4 is 27.6 Å². The molecule has 0 unspecified atom stereocenters. The lowest BCUT2D eigenvalue weighted by Gasteiger charge is -2.20. The van der Waals surface area contributed by atoms with E-state index in [4.69, 9.17) is 10.00 Å². The molecule has 2 rings (SSSR count). The summed E-state index contributed by atoms with van der Waals surface area (Å²) in [6.07, 6.45) is 0. The van der Waals surface area contributed by atoms with Gasteiger partial charge >= 0.3 is 5.97 Å². The van der Waals surface area contributed by atoms with E-state index < -0.39 is 28.5 Å². The van der Waals surface area contributed by atoms with Gasteiger partial charge in [0.05, 0.1) is 16.5 Å². The normalized spacial score (nSPS) is 11.1. The minimum atomic E-state index is -3.75. The van der Waals surface area contributed by atoms with E-state index in [-0.39, 0.29) is 17.0 Å². The molecule has 31 heavy (non-hydrogen) atoms. The number of amides is 1. The highest BCUT2D eigenvalue weighted by molar-refractivity contribution is 7.89.